The Bertz CT molecular complexity index is 378. The molecule has 0 bridgehead atoms. The fourth-order valence-electron chi connectivity index (χ4n) is 2.55. The number of carboxylic acids is 1. The second kappa shape index (κ2) is 8.64. The van der Waals surface area contributed by atoms with Crippen LogP contribution in [-0.4, -0.2) is 35.0 Å². The van der Waals surface area contributed by atoms with Crippen LogP contribution in [0, 0.1) is 5.92 Å². The largest absolute Gasteiger partial charge is 0.480 e. The Hall–Kier alpha value is -1.59. The summed E-state index contributed by atoms with van der Waals surface area (Å²) in [7, 11) is 0. The summed E-state index contributed by atoms with van der Waals surface area (Å²) < 4.78 is 0. The molecular formula is C15H26N2O4. The molecule has 0 aromatic rings. The molecule has 1 aliphatic rings. The molecule has 0 heterocycles. The van der Waals surface area contributed by atoms with E-state index in [9.17, 15) is 14.4 Å². The number of aliphatic carboxylic acids is 1. The highest BCUT2D eigenvalue weighted by Crippen LogP contribution is 2.24. The van der Waals surface area contributed by atoms with Crippen LogP contribution in [0.1, 0.15) is 58.8 Å². The van der Waals surface area contributed by atoms with Crippen LogP contribution >= 0.6 is 0 Å². The molecular weight excluding hydrogens is 272 g/mol. The molecule has 1 rings (SSSR count). The Labute approximate surface area is 125 Å². The third-order valence-electron chi connectivity index (χ3n) is 3.94. The van der Waals surface area contributed by atoms with Crippen LogP contribution in [0.15, 0.2) is 0 Å². The highest BCUT2D eigenvalue weighted by Gasteiger charge is 2.27. The first-order valence-electron chi connectivity index (χ1n) is 7.79. The van der Waals surface area contributed by atoms with E-state index in [1.807, 2.05) is 6.92 Å². The number of carbonyl (C=O) groups excluding carboxylic acids is 2. The van der Waals surface area contributed by atoms with Crippen LogP contribution in [-0.2, 0) is 14.4 Å². The van der Waals surface area contributed by atoms with E-state index >= 15 is 0 Å². The van der Waals surface area contributed by atoms with Crippen molar-refractivity contribution in [2.45, 2.75) is 70.9 Å². The van der Waals surface area contributed by atoms with Crippen molar-refractivity contribution in [2.24, 2.45) is 5.92 Å². The van der Waals surface area contributed by atoms with Crippen LogP contribution < -0.4 is 10.6 Å². The van der Waals surface area contributed by atoms with Crippen molar-refractivity contribution in [2.75, 3.05) is 0 Å². The summed E-state index contributed by atoms with van der Waals surface area (Å²) in [6.07, 6.45) is 5.85. The quantitative estimate of drug-likeness (QED) is 0.632. The fraction of sp³-hybridized carbons (Fsp3) is 0.800. The van der Waals surface area contributed by atoms with E-state index in [2.05, 4.69) is 10.6 Å². The Morgan fingerprint density at radius 1 is 1.19 bits per heavy atom. The summed E-state index contributed by atoms with van der Waals surface area (Å²) in [5.74, 6) is -1.58. The summed E-state index contributed by atoms with van der Waals surface area (Å²) in [6.45, 7) is 3.55. The monoisotopic (exact) mass is 298 g/mol. The van der Waals surface area contributed by atoms with E-state index in [-0.39, 0.29) is 11.8 Å². The van der Waals surface area contributed by atoms with Gasteiger partial charge in [0.2, 0.25) is 11.8 Å². The van der Waals surface area contributed by atoms with Gasteiger partial charge in [0.05, 0.1) is 0 Å². The first-order chi connectivity index (χ1) is 9.95. The van der Waals surface area contributed by atoms with Gasteiger partial charge in [0.25, 0.3) is 0 Å². The maximum Gasteiger partial charge on any atom is 0.326 e. The molecule has 1 fully saturated rings. The number of unbranched alkanes of at least 4 members (excludes halogenated alkanes) is 1. The molecule has 0 aromatic carbocycles. The minimum atomic E-state index is -1.04. The number of carboxylic acid groups (broad SMARTS) is 1. The van der Waals surface area contributed by atoms with Crippen LogP contribution in [0.25, 0.3) is 0 Å². The van der Waals surface area contributed by atoms with Crippen molar-refractivity contribution in [1.29, 1.82) is 0 Å². The molecule has 0 saturated heterocycles. The third-order valence-corrected chi connectivity index (χ3v) is 3.94. The first kappa shape index (κ1) is 17.5. The van der Waals surface area contributed by atoms with Crippen molar-refractivity contribution in [3.05, 3.63) is 0 Å². The normalized spacial score (nSPS) is 18.0. The second-order valence-corrected chi connectivity index (χ2v) is 5.75. The van der Waals surface area contributed by atoms with Gasteiger partial charge in [-0.15, -0.1) is 0 Å². The number of hydrogen-bond acceptors (Lipinski definition) is 3. The molecule has 1 aliphatic carbocycles. The van der Waals surface area contributed by atoms with Crippen molar-refractivity contribution < 1.29 is 19.5 Å². The number of nitrogens with one attached hydrogen (secondary N) is 2. The SMILES string of the molecule is CCCC[C@H](NC(=O)C(C)NC(=O)C1CCCC1)C(=O)O. The summed E-state index contributed by atoms with van der Waals surface area (Å²) in [5, 5.41) is 14.3. The van der Waals surface area contributed by atoms with Crippen molar-refractivity contribution in [1.82, 2.24) is 10.6 Å². The van der Waals surface area contributed by atoms with Gasteiger partial charge in [0.1, 0.15) is 12.1 Å². The average molecular weight is 298 g/mol. The Morgan fingerprint density at radius 3 is 2.33 bits per heavy atom. The van der Waals surface area contributed by atoms with Gasteiger partial charge in [-0.3, -0.25) is 9.59 Å². The molecule has 1 unspecified atom stereocenters. The lowest BCUT2D eigenvalue weighted by molar-refractivity contribution is -0.142. The molecule has 1 saturated carbocycles. The highest BCUT2D eigenvalue weighted by molar-refractivity contribution is 5.90. The van der Waals surface area contributed by atoms with Crippen LogP contribution in [0.5, 0.6) is 0 Å². The van der Waals surface area contributed by atoms with E-state index in [0.29, 0.717) is 6.42 Å². The Balaban J connectivity index is 2.44. The lowest BCUT2D eigenvalue weighted by Gasteiger charge is -2.20. The zero-order chi connectivity index (χ0) is 15.8. The molecule has 0 aromatic heterocycles. The molecule has 3 N–H and O–H groups in total. The molecule has 21 heavy (non-hydrogen) atoms. The molecule has 6 nitrogen and oxygen atoms in total. The van der Waals surface area contributed by atoms with E-state index in [0.717, 1.165) is 38.5 Å². The lowest BCUT2D eigenvalue weighted by atomic mass is 10.1. The van der Waals surface area contributed by atoms with Crippen LogP contribution in [0.2, 0.25) is 0 Å². The predicted octanol–water partition coefficient (Wildman–Crippen LogP) is 1.44. The summed E-state index contributed by atoms with van der Waals surface area (Å²) in [4.78, 5) is 35.0. The van der Waals surface area contributed by atoms with Gasteiger partial charge >= 0.3 is 5.97 Å². The standard InChI is InChI=1S/C15H26N2O4/c1-3-4-9-12(15(20)21)17-13(18)10(2)16-14(19)11-7-5-6-8-11/h10-12H,3-9H2,1-2H3,(H,16,19)(H,17,18)(H,20,21)/t10?,12-/m0/s1. The fourth-order valence-corrected chi connectivity index (χ4v) is 2.55. The Kier molecular flexibility index (Phi) is 7.19. The van der Waals surface area contributed by atoms with Gasteiger partial charge in [0, 0.05) is 5.92 Å². The third kappa shape index (κ3) is 5.73. The second-order valence-electron chi connectivity index (χ2n) is 5.75. The van der Waals surface area contributed by atoms with Gasteiger partial charge in [0.15, 0.2) is 0 Å². The Morgan fingerprint density at radius 2 is 1.81 bits per heavy atom. The van der Waals surface area contributed by atoms with Gasteiger partial charge in [-0.25, -0.2) is 4.79 Å². The highest BCUT2D eigenvalue weighted by atomic mass is 16.4. The minimum absolute atomic E-state index is 0.00406. The zero-order valence-corrected chi connectivity index (χ0v) is 12.9. The van der Waals surface area contributed by atoms with Gasteiger partial charge < -0.3 is 15.7 Å². The molecule has 0 spiro atoms. The topological polar surface area (TPSA) is 95.5 Å². The number of carbonyl (C=O) groups is 3. The van der Waals surface area contributed by atoms with Crippen molar-refractivity contribution >= 4 is 17.8 Å². The van der Waals surface area contributed by atoms with E-state index in [1.165, 1.54) is 0 Å². The number of amides is 2. The van der Waals surface area contributed by atoms with Crippen LogP contribution in [0.3, 0.4) is 0 Å². The van der Waals surface area contributed by atoms with Crippen LogP contribution in [0.4, 0.5) is 0 Å². The van der Waals surface area contributed by atoms with E-state index < -0.39 is 24.0 Å². The molecule has 2 atom stereocenters. The minimum Gasteiger partial charge on any atom is -0.480 e. The smallest absolute Gasteiger partial charge is 0.326 e. The summed E-state index contributed by atoms with van der Waals surface area (Å²) in [6, 6.07) is -1.59. The molecule has 0 aliphatic heterocycles. The summed E-state index contributed by atoms with van der Waals surface area (Å²) >= 11 is 0. The molecule has 0 radical (unpaired) electrons. The lowest BCUT2D eigenvalue weighted by Crippen LogP contribution is -2.51. The molecule has 120 valence electrons. The average Bonchev–Trinajstić information content (AvgIpc) is 2.96. The first-order valence-corrected chi connectivity index (χ1v) is 7.79. The summed E-state index contributed by atoms with van der Waals surface area (Å²) in [5.41, 5.74) is 0. The van der Waals surface area contributed by atoms with E-state index in [1.54, 1.807) is 6.92 Å². The van der Waals surface area contributed by atoms with Gasteiger partial charge in [-0.1, -0.05) is 32.6 Å². The van der Waals surface area contributed by atoms with Gasteiger partial charge in [-0.2, -0.15) is 0 Å². The molecule has 2 amide bonds. The van der Waals surface area contributed by atoms with E-state index in [4.69, 9.17) is 5.11 Å². The van der Waals surface area contributed by atoms with Crippen molar-refractivity contribution in [3.8, 4) is 0 Å². The van der Waals surface area contributed by atoms with Crippen molar-refractivity contribution in [3.63, 3.8) is 0 Å². The number of hydrogen-bond donors (Lipinski definition) is 3. The predicted molar refractivity (Wildman–Crippen MR) is 78.7 cm³/mol. The maximum atomic E-state index is 12.0. The molecule has 6 heteroatoms. The van der Waals surface area contributed by atoms with Gasteiger partial charge in [-0.05, 0) is 26.2 Å². The maximum absolute atomic E-state index is 12.0. The number of rotatable bonds is 8. The zero-order valence-electron chi connectivity index (χ0n) is 12.9.